The molecule has 3 heterocycles. The summed E-state index contributed by atoms with van der Waals surface area (Å²) in [6.45, 7) is 2.82. The van der Waals surface area contributed by atoms with Crippen LogP contribution in [0.1, 0.15) is 37.3 Å². The van der Waals surface area contributed by atoms with Crippen LogP contribution in [0.5, 0.6) is 0 Å². The predicted molar refractivity (Wildman–Crippen MR) is 86.8 cm³/mol. The number of amides is 1. The number of rotatable bonds is 4. The standard InChI is InChI=1S/C18H25N3O2/c1-23-16-12-21(17(16)13-4-8-19-9-5-13)15-6-10-20(11-7-15)18(22)14-2-3-14/h4-5,8-9,14-17H,2-3,6-7,10-12H2,1H3/t16-,17-/m0/s1. The van der Waals surface area contributed by atoms with Gasteiger partial charge in [-0.15, -0.1) is 0 Å². The van der Waals surface area contributed by atoms with Gasteiger partial charge >= 0.3 is 0 Å². The number of likely N-dealkylation sites (tertiary alicyclic amines) is 2. The third kappa shape index (κ3) is 2.88. The highest BCUT2D eigenvalue weighted by atomic mass is 16.5. The third-order valence-corrected chi connectivity index (χ3v) is 5.62. The van der Waals surface area contributed by atoms with Crippen LogP contribution in [0.2, 0.25) is 0 Å². The van der Waals surface area contributed by atoms with E-state index in [9.17, 15) is 4.79 Å². The van der Waals surface area contributed by atoms with Crippen LogP contribution in [-0.4, -0.2) is 59.6 Å². The first-order valence-electron chi connectivity index (χ1n) is 8.75. The minimum absolute atomic E-state index is 0.267. The van der Waals surface area contributed by atoms with Crippen LogP contribution in [0.25, 0.3) is 0 Å². The fraction of sp³-hybridized carbons (Fsp3) is 0.667. The first-order valence-corrected chi connectivity index (χ1v) is 8.75. The van der Waals surface area contributed by atoms with E-state index in [-0.39, 0.29) is 6.10 Å². The molecule has 1 aromatic rings. The van der Waals surface area contributed by atoms with Gasteiger partial charge in [0.2, 0.25) is 5.91 Å². The molecule has 1 amide bonds. The van der Waals surface area contributed by atoms with Gasteiger partial charge in [-0.05, 0) is 43.4 Å². The maximum Gasteiger partial charge on any atom is 0.225 e. The first kappa shape index (κ1) is 15.1. The Morgan fingerprint density at radius 2 is 1.87 bits per heavy atom. The Hall–Kier alpha value is -1.46. The van der Waals surface area contributed by atoms with Crippen molar-refractivity contribution >= 4 is 5.91 Å². The number of methoxy groups -OCH3 is 1. The topological polar surface area (TPSA) is 45.7 Å². The maximum atomic E-state index is 12.2. The molecule has 2 atom stereocenters. The Labute approximate surface area is 137 Å². The molecule has 124 valence electrons. The summed E-state index contributed by atoms with van der Waals surface area (Å²) in [5.41, 5.74) is 1.29. The lowest BCUT2D eigenvalue weighted by Gasteiger charge is -2.53. The first-order chi connectivity index (χ1) is 11.3. The fourth-order valence-electron chi connectivity index (χ4n) is 4.05. The van der Waals surface area contributed by atoms with Crippen LogP contribution >= 0.6 is 0 Å². The van der Waals surface area contributed by atoms with Crippen molar-refractivity contribution in [1.29, 1.82) is 0 Å². The molecule has 0 spiro atoms. The number of hydrogen-bond donors (Lipinski definition) is 0. The molecule has 1 aliphatic carbocycles. The van der Waals surface area contributed by atoms with Crippen molar-refractivity contribution in [2.75, 3.05) is 26.7 Å². The Morgan fingerprint density at radius 3 is 2.48 bits per heavy atom. The smallest absolute Gasteiger partial charge is 0.225 e. The summed E-state index contributed by atoms with van der Waals surface area (Å²) in [5, 5.41) is 0. The van der Waals surface area contributed by atoms with Gasteiger partial charge < -0.3 is 9.64 Å². The molecule has 0 aromatic carbocycles. The second kappa shape index (κ2) is 6.21. The van der Waals surface area contributed by atoms with Crippen LogP contribution in [-0.2, 0) is 9.53 Å². The van der Waals surface area contributed by atoms with E-state index in [1.807, 2.05) is 12.4 Å². The molecule has 0 bridgehead atoms. The molecule has 0 unspecified atom stereocenters. The van der Waals surface area contributed by atoms with Gasteiger partial charge in [0.05, 0.1) is 12.1 Å². The Balaban J connectivity index is 1.39. The van der Waals surface area contributed by atoms with Crippen LogP contribution in [0.3, 0.4) is 0 Å². The molecule has 0 radical (unpaired) electrons. The van der Waals surface area contributed by atoms with E-state index in [1.54, 1.807) is 7.11 Å². The monoisotopic (exact) mass is 315 g/mol. The Kier molecular flexibility index (Phi) is 4.07. The van der Waals surface area contributed by atoms with Crippen LogP contribution in [0.15, 0.2) is 24.5 Å². The lowest BCUT2D eigenvalue weighted by molar-refractivity contribution is -0.138. The molecule has 4 rings (SSSR count). The number of pyridine rings is 1. The number of nitrogens with zero attached hydrogens (tertiary/aromatic N) is 3. The number of piperidine rings is 1. The molecule has 5 heteroatoms. The van der Waals surface area contributed by atoms with E-state index in [1.165, 1.54) is 5.56 Å². The molecule has 2 saturated heterocycles. The number of hydrogen-bond acceptors (Lipinski definition) is 4. The average Bonchev–Trinajstić information content (AvgIpc) is 3.40. The van der Waals surface area contributed by atoms with Crippen molar-refractivity contribution in [3.8, 4) is 0 Å². The van der Waals surface area contributed by atoms with E-state index in [0.29, 0.717) is 23.9 Å². The highest BCUT2D eigenvalue weighted by molar-refractivity contribution is 5.81. The van der Waals surface area contributed by atoms with Gasteiger partial charge in [-0.2, -0.15) is 0 Å². The second-order valence-corrected chi connectivity index (χ2v) is 7.03. The van der Waals surface area contributed by atoms with E-state index in [0.717, 1.165) is 45.3 Å². The SMILES string of the molecule is CO[C@H]1CN(C2CCN(C(=O)C3CC3)CC2)[C@H]1c1ccncc1. The summed E-state index contributed by atoms with van der Waals surface area (Å²) in [6, 6.07) is 5.07. The molecule has 1 saturated carbocycles. The molecule has 23 heavy (non-hydrogen) atoms. The summed E-state index contributed by atoms with van der Waals surface area (Å²) in [5.74, 6) is 0.741. The van der Waals surface area contributed by atoms with Gasteiger partial charge in [0.25, 0.3) is 0 Å². The van der Waals surface area contributed by atoms with Crippen molar-refractivity contribution in [2.24, 2.45) is 5.92 Å². The van der Waals surface area contributed by atoms with E-state index in [2.05, 4.69) is 26.9 Å². The van der Waals surface area contributed by atoms with Gasteiger partial charge in [0, 0.05) is 51.1 Å². The number of carbonyl (C=O) groups excluding carboxylic acids is 1. The van der Waals surface area contributed by atoms with Gasteiger partial charge in [-0.3, -0.25) is 14.7 Å². The van der Waals surface area contributed by atoms with Crippen LogP contribution < -0.4 is 0 Å². The largest absolute Gasteiger partial charge is 0.378 e. The minimum Gasteiger partial charge on any atom is -0.378 e. The highest BCUT2D eigenvalue weighted by Gasteiger charge is 2.45. The fourth-order valence-corrected chi connectivity index (χ4v) is 4.05. The normalized spacial score (nSPS) is 29.3. The summed E-state index contributed by atoms with van der Waals surface area (Å²) in [7, 11) is 1.80. The van der Waals surface area contributed by atoms with Crippen molar-refractivity contribution in [1.82, 2.24) is 14.8 Å². The zero-order valence-electron chi connectivity index (χ0n) is 13.7. The molecule has 3 fully saturated rings. The molecular formula is C18H25N3O2. The quantitative estimate of drug-likeness (QED) is 0.851. The summed E-state index contributed by atoms with van der Waals surface area (Å²) in [4.78, 5) is 21.0. The molecule has 1 aromatic heterocycles. The second-order valence-electron chi connectivity index (χ2n) is 7.03. The van der Waals surface area contributed by atoms with Crippen LogP contribution in [0.4, 0.5) is 0 Å². The molecule has 5 nitrogen and oxygen atoms in total. The molecular weight excluding hydrogens is 290 g/mol. The van der Waals surface area contributed by atoms with Crippen molar-refractivity contribution in [2.45, 2.75) is 43.9 Å². The van der Waals surface area contributed by atoms with Gasteiger partial charge in [0.15, 0.2) is 0 Å². The Morgan fingerprint density at radius 1 is 1.17 bits per heavy atom. The zero-order valence-corrected chi connectivity index (χ0v) is 13.7. The summed E-state index contributed by atoms with van der Waals surface area (Å²) in [6.07, 6.45) is 8.34. The molecule has 3 aliphatic rings. The van der Waals surface area contributed by atoms with E-state index >= 15 is 0 Å². The average molecular weight is 315 g/mol. The van der Waals surface area contributed by atoms with Crippen molar-refractivity contribution < 1.29 is 9.53 Å². The number of ether oxygens (including phenoxy) is 1. The summed E-state index contributed by atoms with van der Waals surface area (Å²) >= 11 is 0. The molecule has 0 N–H and O–H groups in total. The number of aromatic nitrogens is 1. The maximum absolute atomic E-state index is 12.2. The lowest BCUT2D eigenvalue weighted by atomic mass is 9.87. The molecule has 2 aliphatic heterocycles. The van der Waals surface area contributed by atoms with Gasteiger partial charge in [0.1, 0.15) is 0 Å². The highest BCUT2D eigenvalue weighted by Crippen LogP contribution is 2.40. The van der Waals surface area contributed by atoms with Crippen LogP contribution in [0, 0.1) is 5.92 Å². The van der Waals surface area contributed by atoms with Gasteiger partial charge in [-0.25, -0.2) is 0 Å². The minimum atomic E-state index is 0.267. The predicted octanol–water partition coefficient (Wildman–Crippen LogP) is 1.85. The van der Waals surface area contributed by atoms with Crippen molar-refractivity contribution in [3.63, 3.8) is 0 Å². The zero-order chi connectivity index (χ0) is 15.8. The van der Waals surface area contributed by atoms with Crippen molar-refractivity contribution in [3.05, 3.63) is 30.1 Å². The number of carbonyl (C=O) groups is 1. The van der Waals surface area contributed by atoms with E-state index in [4.69, 9.17) is 4.74 Å². The summed E-state index contributed by atoms with van der Waals surface area (Å²) < 4.78 is 5.65. The lowest BCUT2D eigenvalue weighted by Crippen LogP contribution is -2.60. The van der Waals surface area contributed by atoms with E-state index < -0.39 is 0 Å². The third-order valence-electron chi connectivity index (χ3n) is 5.62. The van der Waals surface area contributed by atoms with Gasteiger partial charge in [-0.1, -0.05) is 0 Å². The Bertz CT molecular complexity index is 553.